The van der Waals surface area contributed by atoms with Crippen LogP contribution < -0.4 is 5.32 Å². The number of hydrogen-bond acceptors (Lipinski definition) is 3. The van der Waals surface area contributed by atoms with E-state index in [0.29, 0.717) is 0 Å². The summed E-state index contributed by atoms with van der Waals surface area (Å²) in [5, 5.41) is 18.4. The van der Waals surface area contributed by atoms with Crippen molar-refractivity contribution in [2.24, 2.45) is 0 Å². The van der Waals surface area contributed by atoms with Crippen molar-refractivity contribution in [1.82, 2.24) is 5.32 Å². The van der Waals surface area contributed by atoms with Crippen molar-refractivity contribution in [2.45, 2.75) is 38.3 Å². The quantitative estimate of drug-likeness (QED) is 0.726. The minimum absolute atomic E-state index is 0.778. The van der Waals surface area contributed by atoms with Gasteiger partial charge in [-0.05, 0) is 18.4 Å². The van der Waals surface area contributed by atoms with Crippen molar-refractivity contribution in [3.05, 3.63) is 35.9 Å². The van der Waals surface area contributed by atoms with Gasteiger partial charge in [0.05, 0.1) is 0 Å². The molecule has 5 heteroatoms. The van der Waals surface area contributed by atoms with Crippen LogP contribution in [0.1, 0.15) is 31.2 Å². The molecule has 0 saturated heterocycles. The van der Waals surface area contributed by atoms with Crippen molar-refractivity contribution in [2.75, 3.05) is 0 Å². The molecule has 0 aromatic heterocycles. The molecule has 3 N–H and O–H groups in total. The van der Waals surface area contributed by atoms with E-state index in [4.69, 9.17) is 19.8 Å². The molecule has 0 spiro atoms. The molecule has 1 saturated carbocycles. The Labute approximate surface area is 112 Å². The number of carboxylic acids is 2. The fourth-order valence-electron chi connectivity index (χ4n) is 1.99. The van der Waals surface area contributed by atoms with E-state index in [1.807, 2.05) is 0 Å². The predicted molar refractivity (Wildman–Crippen MR) is 70.8 cm³/mol. The molecule has 5 nitrogen and oxygen atoms in total. The number of aliphatic carboxylic acids is 2. The molecule has 0 bridgehead atoms. The Bertz CT molecular complexity index is 387. The zero-order chi connectivity index (χ0) is 14.1. The number of rotatable bonds is 3. The first-order chi connectivity index (χ1) is 9.09. The average Bonchev–Trinajstić information content (AvgIpc) is 2.91. The highest BCUT2D eigenvalue weighted by Crippen LogP contribution is 2.17. The van der Waals surface area contributed by atoms with Crippen molar-refractivity contribution in [1.29, 1.82) is 0 Å². The molecule has 2 rings (SSSR count). The largest absolute Gasteiger partial charge is 0.473 e. The van der Waals surface area contributed by atoms with E-state index in [1.165, 1.54) is 31.2 Å². The summed E-state index contributed by atoms with van der Waals surface area (Å²) < 4.78 is 0. The third kappa shape index (κ3) is 6.57. The number of benzene rings is 1. The maximum atomic E-state index is 9.10. The van der Waals surface area contributed by atoms with Gasteiger partial charge in [-0.25, -0.2) is 9.59 Å². The molecule has 0 radical (unpaired) electrons. The molecule has 1 aliphatic rings. The molecule has 1 aliphatic carbocycles. The molecular weight excluding hydrogens is 246 g/mol. The molecule has 0 heterocycles. The number of hydrogen-bond donors (Lipinski definition) is 3. The van der Waals surface area contributed by atoms with Crippen LogP contribution in [0.15, 0.2) is 30.3 Å². The summed E-state index contributed by atoms with van der Waals surface area (Å²) in [5.41, 5.74) is 1.40. The van der Waals surface area contributed by atoms with Crippen LogP contribution in [0.3, 0.4) is 0 Å². The smallest absolute Gasteiger partial charge is 0.414 e. The van der Waals surface area contributed by atoms with Gasteiger partial charge in [0.25, 0.3) is 0 Å². The summed E-state index contributed by atoms with van der Waals surface area (Å²) in [5.74, 6) is -3.65. The maximum Gasteiger partial charge on any atom is 0.414 e. The van der Waals surface area contributed by atoms with Crippen LogP contribution in [0.25, 0.3) is 0 Å². The molecule has 0 amide bonds. The lowest BCUT2D eigenvalue weighted by molar-refractivity contribution is -0.159. The average molecular weight is 265 g/mol. The standard InChI is InChI=1S/C12H17N.C2H2O4/c1-2-6-11(7-3-1)10-13-12-8-4-5-9-12;3-1(4)2(5)6/h1-3,6-7,12-13H,4-5,8-10H2;(H,3,4)(H,5,6). The zero-order valence-electron chi connectivity index (χ0n) is 10.7. The van der Waals surface area contributed by atoms with Crippen LogP contribution in [-0.4, -0.2) is 28.2 Å². The second kappa shape index (κ2) is 8.26. The Morgan fingerprint density at radius 3 is 2.05 bits per heavy atom. The van der Waals surface area contributed by atoms with E-state index in [9.17, 15) is 0 Å². The highest BCUT2D eigenvalue weighted by atomic mass is 16.4. The topological polar surface area (TPSA) is 86.6 Å². The Hall–Kier alpha value is -1.88. The second-order valence-electron chi connectivity index (χ2n) is 4.46. The van der Waals surface area contributed by atoms with Crippen LogP contribution >= 0.6 is 0 Å². The molecule has 104 valence electrons. The van der Waals surface area contributed by atoms with Gasteiger partial charge in [0, 0.05) is 12.6 Å². The number of carboxylic acid groups (broad SMARTS) is 2. The second-order valence-corrected chi connectivity index (χ2v) is 4.46. The molecule has 1 fully saturated rings. The molecule has 0 aliphatic heterocycles. The minimum atomic E-state index is -1.82. The lowest BCUT2D eigenvalue weighted by Gasteiger charge is -2.11. The summed E-state index contributed by atoms with van der Waals surface area (Å²) in [6, 6.07) is 11.4. The first kappa shape index (κ1) is 15.2. The van der Waals surface area contributed by atoms with Crippen molar-refractivity contribution >= 4 is 11.9 Å². The van der Waals surface area contributed by atoms with E-state index < -0.39 is 11.9 Å². The van der Waals surface area contributed by atoms with Crippen molar-refractivity contribution < 1.29 is 19.8 Å². The van der Waals surface area contributed by atoms with Gasteiger partial charge in [-0.3, -0.25) is 0 Å². The number of carbonyl (C=O) groups is 2. The summed E-state index contributed by atoms with van der Waals surface area (Å²) in [7, 11) is 0. The Balaban J connectivity index is 0.000000258. The minimum Gasteiger partial charge on any atom is -0.473 e. The van der Waals surface area contributed by atoms with E-state index in [-0.39, 0.29) is 0 Å². The highest BCUT2D eigenvalue weighted by molar-refractivity contribution is 6.27. The summed E-state index contributed by atoms with van der Waals surface area (Å²) in [4.78, 5) is 18.2. The van der Waals surface area contributed by atoms with E-state index >= 15 is 0 Å². The number of nitrogens with one attached hydrogen (secondary N) is 1. The molecule has 0 unspecified atom stereocenters. The molecule has 0 atom stereocenters. The molecule has 1 aromatic carbocycles. The van der Waals surface area contributed by atoms with Gasteiger partial charge < -0.3 is 15.5 Å². The summed E-state index contributed by atoms with van der Waals surface area (Å²) in [6.45, 7) is 1.03. The van der Waals surface area contributed by atoms with Crippen LogP contribution in [0.4, 0.5) is 0 Å². The SMILES string of the molecule is O=C(O)C(=O)O.c1ccc(CNC2CCCC2)cc1. The van der Waals surface area contributed by atoms with E-state index in [0.717, 1.165) is 12.6 Å². The Kier molecular flexibility index (Phi) is 6.60. The van der Waals surface area contributed by atoms with Gasteiger partial charge >= 0.3 is 11.9 Å². The summed E-state index contributed by atoms with van der Waals surface area (Å²) >= 11 is 0. The van der Waals surface area contributed by atoms with Gasteiger partial charge in [-0.1, -0.05) is 43.2 Å². The maximum absolute atomic E-state index is 9.10. The normalized spacial score (nSPS) is 14.5. The van der Waals surface area contributed by atoms with Crippen molar-refractivity contribution in [3.63, 3.8) is 0 Å². The molecular formula is C14H19NO4. The van der Waals surface area contributed by atoms with Crippen LogP contribution in [0.2, 0.25) is 0 Å². The van der Waals surface area contributed by atoms with Crippen LogP contribution in [-0.2, 0) is 16.1 Å². The third-order valence-corrected chi connectivity index (χ3v) is 2.98. The first-order valence-electron chi connectivity index (χ1n) is 6.33. The monoisotopic (exact) mass is 265 g/mol. The molecule has 1 aromatic rings. The lowest BCUT2D eigenvalue weighted by atomic mass is 10.2. The van der Waals surface area contributed by atoms with Gasteiger partial charge in [0.2, 0.25) is 0 Å². The van der Waals surface area contributed by atoms with Crippen LogP contribution in [0.5, 0.6) is 0 Å². The fourth-order valence-corrected chi connectivity index (χ4v) is 1.99. The van der Waals surface area contributed by atoms with Crippen molar-refractivity contribution in [3.8, 4) is 0 Å². The fraction of sp³-hybridized carbons (Fsp3) is 0.429. The van der Waals surface area contributed by atoms with E-state index in [2.05, 4.69) is 35.6 Å². The van der Waals surface area contributed by atoms with E-state index in [1.54, 1.807) is 0 Å². The van der Waals surface area contributed by atoms with Gasteiger partial charge in [0.1, 0.15) is 0 Å². The first-order valence-corrected chi connectivity index (χ1v) is 6.33. The van der Waals surface area contributed by atoms with Gasteiger partial charge in [-0.2, -0.15) is 0 Å². The Morgan fingerprint density at radius 2 is 1.58 bits per heavy atom. The zero-order valence-corrected chi connectivity index (χ0v) is 10.7. The lowest BCUT2D eigenvalue weighted by Crippen LogP contribution is -2.25. The van der Waals surface area contributed by atoms with Gasteiger partial charge in [-0.15, -0.1) is 0 Å². The van der Waals surface area contributed by atoms with Gasteiger partial charge in [0.15, 0.2) is 0 Å². The molecule has 19 heavy (non-hydrogen) atoms. The van der Waals surface area contributed by atoms with Crippen LogP contribution in [0, 0.1) is 0 Å². The third-order valence-electron chi connectivity index (χ3n) is 2.98. The predicted octanol–water partition coefficient (Wildman–Crippen LogP) is 1.87. The highest BCUT2D eigenvalue weighted by Gasteiger charge is 2.13. The Morgan fingerprint density at radius 1 is 1.05 bits per heavy atom. The summed E-state index contributed by atoms with van der Waals surface area (Å²) in [6.07, 6.45) is 5.55.